The summed E-state index contributed by atoms with van der Waals surface area (Å²) >= 11 is 6.42. The number of nitrogens with one attached hydrogen (secondary N) is 2. The second-order valence-corrected chi connectivity index (χ2v) is 20.2. The number of phenolic OH excluding ortho intramolecular Hbond substituents is 1. The van der Waals surface area contributed by atoms with Gasteiger partial charge in [0.1, 0.15) is 11.6 Å². The molecule has 1 aliphatic heterocycles. The van der Waals surface area contributed by atoms with Crippen molar-refractivity contribution in [2.75, 3.05) is 38.8 Å². The smallest absolute Gasteiger partial charge is 0.336 e. The molecule has 2 heterocycles. The van der Waals surface area contributed by atoms with E-state index in [-0.39, 0.29) is 60.4 Å². The Kier molecular flexibility index (Phi) is 23.7. The number of aliphatic carboxylic acids is 1. The molecule has 426 valence electrons. The summed E-state index contributed by atoms with van der Waals surface area (Å²) in [6.45, 7) is 8.53. The molecule has 0 bridgehead atoms. The molecule has 7 rings (SSSR count). The number of carbonyl (C=O) groups is 4. The van der Waals surface area contributed by atoms with Gasteiger partial charge in [0.15, 0.2) is 0 Å². The Balaban J connectivity index is 0.000000264. The minimum absolute atomic E-state index is 0.0741. The van der Waals surface area contributed by atoms with E-state index in [4.69, 9.17) is 41.2 Å². The zero-order chi connectivity index (χ0) is 58.7. The van der Waals surface area contributed by atoms with Gasteiger partial charge < -0.3 is 55.6 Å². The average molecular weight is 1140 g/mol. The number of phenols is 1. The number of allylic oxidation sites excluding steroid dienone is 1. The Morgan fingerprint density at radius 3 is 2.01 bits per heavy atom. The van der Waals surface area contributed by atoms with Crippen LogP contribution in [0, 0.1) is 5.82 Å². The van der Waals surface area contributed by atoms with E-state index in [1.165, 1.54) is 37.4 Å². The molecule has 6 aromatic rings. The molecule has 5 aromatic carbocycles. The van der Waals surface area contributed by atoms with Crippen molar-refractivity contribution < 1.29 is 71.2 Å². The van der Waals surface area contributed by atoms with E-state index in [1.807, 2.05) is 48.7 Å². The highest BCUT2D eigenvalue weighted by Crippen LogP contribution is 2.44. The van der Waals surface area contributed by atoms with Crippen LogP contribution >= 0.6 is 11.6 Å². The number of aromatic nitrogens is 1. The Hall–Kier alpha value is -7.69. The van der Waals surface area contributed by atoms with Crippen LogP contribution in [-0.2, 0) is 45.3 Å². The summed E-state index contributed by atoms with van der Waals surface area (Å²) in [5.41, 5.74) is 11.6. The van der Waals surface area contributed by atoms with Gasteiger partial charge in [0.25, 0.3) is 16.0 Å². The minimum Gasteiger partial charge on any atom is -0.506 e. The van der Waals surface area contributed by atoms with Crippen LogP contribution in [0.2, 0.25) is 5.02 Å². The lowest BCUT2D eigenvalue weighted by molar-refractivity contribution is -0.140. The van der Waals surface area contributed by atoms with Gasteiger partial charge in [0.2, 0.25) is 0 Å². The van der Waals surface area contributed by atoms with Gasteiger partial charge in [-0.05, 0) is 104 Å². The number of amides is 1. The highest BCUT2D eigenvalue weighted by molar-refractivity contribution is 7.85. The number of para-hydroxylation sites is 2. The van der Waals surface area contributed by atoms with Gasteiger partial charge in [-0.1, -0.05) is 104 Å². The molecule has 1 unspecified atom stereocenters. The number of rotatable bonds is 21. The molecule has 21 heteroatoms. The summed E-state index contributed by atoms with van der Waals surface area (Å²) in [6.07, 6.45) is -2.66. The lowest BCUT2D eigenvalue weighted by Gasteiger charge is -2.31. The number of hydrogen-bond donors (Lipinski definition) is 8. The van der Waals surface area contributed by atoms with Crippen LogP contribution in [0.4, 0.5) is 10.1 Å². The van der Waals surface area contributed by atoms with Crippen molar-refractivity contribution in [3.05, 3.63) is 184 Å². The lowest BCUT2D eigenvalue weighted by atomic mass is 9.80. The molecule has 80 heavy (non-hydrogen) atoms. The normalized spacial score (nSPS) is 13.9. The van der Waals surface area contributed by atoms with Crippen LogP contribution in [0.3, 0.4) is 0 Å². The molecular formula is C59H66ClFN4O14S. The first-order chi connectivity index (χ1) is 38.1. The highest BCUT2D eigenvalue weighted by Gasteiger charge is 2.40. The third-order valence-corrected chi connectivity index (χ3v) is 13.6. The number of benzene rings is 5. The average Bonchev–Trinajstić information content (AvgIpc) is 4.03. The number of nitrogens with two attached hydrogens (primary N) is 1. The highest BCUT2D eigenvalue weighted by atomic mass is 35.5. The number of aliphatic hydroxyl groups is 2. The number of carboxylic acid groups (broad SMARTS) is 1. The number of carbonyl (C=O) groups excluding carboxylic acids is 3. The standard InChI is InChI=1S/C33H35FN2O6.C20H25ClN2O5.C6H6O3S/c1-20(2)31-30(33(42)35-26-10-6-7-11-27(26)39)29(21-8-4-3-5-9-21)32(22-12-14-23(34)15-13-22)36(31)17-16-24(37)18-25(38)19-28(40)41;1-4-28-20(25)18-15(11-27-10-9-22)23-12(2)16(19(24)26-3)17(18)13-7-5-6-8-14(13)21;7-10(8,9)6-4-2-1-3-5-6/h3-15,20,24-25,37-39H,16-19H2,1-2H3,(H,35,42)(H,40,41);5-8,17,23H,4,9-11,22H2,1-3H3;1-5H,(H,7,8,9)/t24-,25-;;/m1../s1. The Labute approximate surface area is 469 Å². The zero-order valence-corrected chi connectivity index (χ0v) is 46.3. The molecule has 0 saturated carbocycles. The van der Waals surface area contributed by atoms with Crippen LogP contribution in [0.1, 0.15) is 80.4 Å². The molecule has 0 radical (unpaired) electrons. The summed E-state index contributed by atoms with van der Waals surface area (Å²) < 4.78 is 61.0. The summed E-state index contributed by atoms with van der Waals surface area (Å²) in [6, 6.07) is 36.2. The molecule has 0 spiro atoms. The van der Waals surface area contributed by atoms with Crippen LogP contribution in [0.15, 0.2) is 161 Å². The second-order valence-electron chi connectivity index (χ2n) is 18.4. The van der Waals surface area contributed by atoms with E-state index in [2.05, 4.69) is 10.6 Å². The maximum atomic E-state index is 14.1. The number of dihydropyridines is 1. The summed E-state index contributed by atoms with van der Waals surface area (Å²) in [4.78, 5) is 50.5. The van der Waals surface area contributed by atoms with E-state index in [9.17, 15) is 47.3 Å². The fourth-order valence-electron chi connectivity index (χ4n) is 8.96. The first-order valence-corrected chi connectivity index (χ1v) is 27.2. The van der Waals surface area contributed by atoms with Crippen molar-refractivity contribution in [2.24, 2.45) is 5.73 Å². The Bertz CT molecular complexity index is 3260. The number of aliphatic hydroxyl groups excluding tert-OH is 2. The minimum atomic E-state index is -4.00. The van der Waals surface area contributed by atoms with Crippen molar-refractivity contribution in [3.8, 4) is 28.1 Å². The predicted molar refractivity (Wildman–Crippen MR) is 301 cm³/mol. The molecule has 0 aliphatic carbocycles. The number of esters is 2. The van der Waals surface area contributed by atoms with Crippen molar-refractivity contribution in [2.45, 2.75) is 82.4 Å². The number of halogens is 2. The topological polar surface area (TPSA) is 286 Å². The van der Waals surface area contributed by atoms with Gasteiger partial charge in [0.05, 0.1) is 90.2 Å². The Morgan fingerprint density at radius 1 is 0.838 bits per heavy atom. The van der Waals surface area contributed by atoms with Crippen molar-refractivity contribution >= 4 is 51.2 Å². The van der Waals surface area contributed by atoms with Gasteiger partial charge in [0, 0.05) is 35.1 Å². The monoisotopic (exact) mass is 1140 g/mol. The predicted octanol–water partition coefficient (Wildman–Crippen LogP) is 9.22. The van der Waals surface area contributed by atoms with Crippen LogP contribution in [0.25, 0.3) is 22.4 Å². The van der Waals surface area contributed by atoms with E-state index >= 15 is 0 Å². The fraction of sp³-hybridized carbons (Fsp3) is 0.288. The van der Waals surface area contributed by atoms with Crippen LogP contribution in [-0.4, -0.2) is 107 Å². The van der Waals surface area contributed by atoms with E-state index in [0.717, 1.165) is 5.56 Å². The van der Waals surface area contributed by atoms with E-state index in [0.29, 0.717) is 68.8 Å². The molecule has 1 aliphatic rings. The third-order valence-electron chi connectivity index (χ3n) is 12.4. The van der Waals surface area contributed by atoms with Crippen LogP contribution < -0.4 is 16.4 Å². The molecule has 1 amide bonds. The van der Waals surface area contributed by atoms with E-state index in [1.54, 1.807) is 86.6 Å². The van der Waals surface area contributed by atoms with E-state index < -0.39 is 64.3 Å². The SMILES string of the molecule is CC(C)c1c(C(=O)Nc2ccccc2O)c(-c2ccccc2)c(-c2ccc(F)cc2)n1CC[C@@H](O)C[C@@H](O)CC(=O)O.CCOC(=O)C1=C(COCCN)NC(C)=C(C(=O)OC)C1c1ccccc1Cl.O=S(=O)(O)c1ccccc1. The third kappa shape index (κ3) is 16.9. The van der Waals surface area contributed by atoms with Crippen molar-refractivity contribution in [1.29, 1.82) is 0 Å². The number of anilines is 1. The maximum absolute atomic E-state index is 14.1. The molecule has 0 saturated heterocycles. The quantitative estimate of drug-likeness (QED) is 0.0144. The van der Waals surface area contributed by atoms with Gasteiger partial charge in [-0.3, -0.25) is 14.1 Å². The molecule has 1 aromatic heterocycles. The Morgan fingerprint density at radius 2 is 1.45 bits per heavy atom. The number of methoxy groups -OCH3 is 1. The first kappa shape index (κ1) is 63.1. The molecule has 0 fully saturated rings. The van der Waals surface area contributed by atoms with Gasteiger partial charge in [-0.25, -0.2) is 14.0 Å². The molecule has 9 N–H and O–H groups in total. The van der Waals surface area contributed by atoms with Crippen molar-refractivity contribution in [1.82, 2.24) is 9.88 Å². The van der Waals surface area contributed by atoms with Crippen LogP contribution in [0.5, 0.6) is 5.75 Å². The first-order valence-electron chi connectivity index (χ1n) is 25.4. The number of aromatic hydroxyl groups is 1. The van der Waals surface area contributed by atoms with Gasteiger partial charge >= 0.3 is 17.9 Å². The molecular weight excluding hydrogens is 1080 g/mol. The zero-order valence-electron chi connectivity index (χ0n) is 44.8. The number of nitrogens with zero attached hydrogens (tertiary/aromatic N) is 1. The number of ether oxygens (including phenoxy) is 3. The second kappa shape index (κ2) is 30.1. The molecule has 3 atom stereocenters. The largest absolute Gasteiger partial charge is 0.506 e. The van der Waals surface area contributed by atoms with Gasteiger partial charge in [-0.15, -0.1) is 0 Å². The van der Waals surface area contributed by atoms with Crippen molar-refractivity contribution in [3.63, 3.8) is 0 Å². The van der Waals surface area contributed by atoms with Gasteiger partial charge in [-0.2, -0.15) is 8.42 Å². The lowest BCUT2D eigenvalue weighted by Crippen LogP contribution is -2.35. The summed E-state index contributed by atoms with van der Waals surface area (Å²) in [5, 5.41) is 46.5. The maximum Gasteiger partial charge on any atom is 0.336 e. The molecule has 18 nitrogen and oxygen atoms in total. The summed E-state index contributed by atoms with van der Waals surface area (Å²) in [7, 11) is -2.71. The number of carboxylic acids is 1. The summed E-state index contributed by atoms with van der Waals surface area (Å²) in [5.74, 6) is -4.15. The number of hydrogen-bond acceptors (Lipinski definition) is 14. The fourth-order valence-corrected chi connectivity index (χ4v) is 9.71.